The first-order valence-corrected chi connectivity index (χ1v) is 6.54. The number of nitrogens with one attached hydrogen (secondary N) is 1. The average Bonchev–Trinajstić information content (AvgIpc) is 2.45. The van der Waals surface area contributed by atoms with Gasteiger partial charge in [-0.2, -0.15) is 0 Å². The number of carbonyl (C=O) groups excluding carboxylic acids is 1. The molecular formula is C13H26N2O. The summed E-state index contributed by atoms with van der Waals surface area (Å²) in [5.41, 5.74) is 5.34. The fraction of sp³-hybridized carbons (Fsp3) is 0.923. The van der Waals surface area contributed by atoms with Crippen LogP contribution in [0.15, 0.2) is 0 Å². The summed E-state index contributed by atoms with van der Waals surface area (Å²) in [7, 11) is 0. The molecule has 0 bridgehead atoms. The van der Waals surface area contributed by atoms with E-state index in [-0.39, 0.29) is 11.4 Å². The quantitative estimate of drug-likeness (QED) is 0.722. The van der Waals surface area contributed by atoms with Crippen LogP contribution in [0.4, 0.5) is 0 Å². The molecule has 3 nitrogen and oxygen atoms in total. The number of rotatable bonds is 4. The van der Waals surface area contributed by atoms with Crippen LogP contribution in [0, 0.1) is 5.92 Å². The first-order valence-electron chi connectivity index (χ1n) is 6.54. The molecule has 0 atom stereocenters. The monoisotopic (exact) mass is 226 g/mol. The molecule has 16 heavy (non-hydrogen) atoms. The second-order valence-corrected chi connectivity index (χ2v) is 5.70. The molecule has 3 N–H and O–H groups in total. The minimum absolute atomic E-state index is 0.169. The highest BCUT2D eigenvalue weighted by Gasteiger charge is 2.21. The lowest BCUT2D eigenvalue weighted by molar-refractivity contribution is -0.123. The van der Waals surface area contributed by atoms with Gasteiger partial charge in [-0.05, 0) is 32.6 Å². The highest BCUT2D eigenvalue weighted by molar-refractivity contribution is 5.77. The molecule has 0 aliphatic heterocycles. The molecule has 0 radical (unpaired) electrons. The van der Waals surface area contributed by atoms with Gasteiger partial charge in [0.2, 0.25) is 5.91 Å². The fourth-order valence-corrected chi connectivity index (χ4v) is 2.31. The van der Waals surface area contributed by atoms with E-state index in [2.05, 4.69) is 5.32 Å². The van der Waals surface area contributed by atoms with Gasteiger partial charge in [0.1, 0.15) is 0 Å². The van der Waals surface area contributed by atoms with Crippen molar-refractivity contribution in [2.45, 2.75) is 64.3 Å². The molecule has 0 heterocycles. The summed E-state index contributed by atoms with van der Waals surface area (Å²) in [6.07, 6.45) is 8.38. The maximum Gasteiger partial charge on any atom is 0.220 e. The van der Waals surface area contributed by atoms with Crippen molar-refractivity contribution in [1.82, 2.24) is 5.32 Å². The van der Waals surface area contributed by atoms with Gasteiger partial charge in [-0.3, -0.25) is 4.79 Å². The normalized spacial score (nSPS) is 19.2. The van der Waals surface area contributed by atoms with E-state index in [0.29, 0.717) is 18.9 Å². The molecular weight excluding hydrogens is 200 g/mol. The van der Waals surface area contributed by atoms with Crippen LogP contribution in [-0.2, 0) is 4.79 Å². The highest BCUT2D eigenvalue weighted by atomic mass is 16.1. The Balaban J connectivity index is 2.32. The van der Waals surface area contributed by atoms with Gasteiger partial charge < -0.3 is 11.1 Å². The van der Waals surface area contributed by atoms with Crippen molar-refractivity contribution in [3.8, 4) is 0 Å². The predicted molar refractivity (Wildman–Crippen MR) is 67.1 cm³/mol. The van der Waals surface area contributed by atoms with Crippen molar-refractivity contribution < 1.29 is 4.79 Å². The van der Waals surface area contributed by atoms with Crippen LogP contribution in [0.25, 0.3) is 0 Å². The lowest BCUT2D eigenvalue weighted by Crippen LogP contribution is -2.49. The van der Waals surface area contributed by atoms with Gasteiger partial charge in [-0.15, -0.1) is 0 Å². The molecule has 1 fully saturated rings. The van der Waals surface area contributed by atoms with E-state index in [9.17, 15) is 4.79 Å². The Morgan fingerprint density at radius 2 is 1.81 bits per heavy atom. The standard InChI is InChI=1S/C13H26N2O/c1-13(2,10-14)15-12(16)9-11-7-5-3-4-6-8-11/h11H,3-10,14H2,1-2H3,(H,15,16). The van der Waals surface area contributed by atoms with E-state index in [1.807, 2.05) is 13.8 Å². The van der Waals surface area contributed by atoms with Crippen molar-refractivity contribution in [3.63, 3.8) is 0 Å². The van der Waals surface area contributed by atoms with E-state index < -0.39 is 0 Å². The summed E-state index contributed by atoms with van der Waals surface area (Å²) in [6.45, 7) is 4.43. The summed E-state index contributed by atoms with van der Waals surface area (Å²) in [5, 5.41) is 3.01. The number of hydrogen-bond acceptors (Lipinski definition) is 2. The van der Waals surface area contributed by atoms with Crippen LogP contribution in [-0.4, -0.2) is 18.0 Å². The zero-order valence-corrected chi connectivity index (χ0v) is 10.7. The van der Waals surface area contributed by atoms with E-state index >= 15 is 0 Å². The third kappa shape index (κ3) is 4.97. The summed E-state index contributed by atoms with van der Waals surface area (Å²) < 4.78 is 0. The van der Waals surface area contributed by atoms with Crippen molar-refractivity contribution in [3.05, 3.63) is 0 Å². The molecule has 94 valence electrons. The van der Waals surface area contributed by atoms with Gasteiger partial charge in [-0.1, -0.05) is 25.7 Å². The average molecular weight is 226 g/mol. The SMILES string of the molecule is CC(C)(CN)NC(=O)CC1CCCCCC1. The van der Waals surface area contributed by atoms with Gasteiger partial charge in [0.15, 0.2) is 0 Å². The highest BCUT2D eigenvalue weighted by Crippen LogP contribution is 2.25. The van der Waals surface area contributed by atoms with Crippen molar-refractivity contribution in [1.29, 1.82) is 0 Å². The van der Waals surface area contributed by atoms with Crippen LogP contribution in [0.5, 0.6) is 0 Å². The maximum atomic E-state index is 11.8. The smallest absolute Gasteiger partial charge is 0.220 e. The second kappa shape index (κ2) is 6.24. The molecule has 0 spiro atoms. The number of amides is 1. The van der Waals surface area contributed by atoms with Crippen LogP contribution in [0.2, 0.25) is 0 Å². The Labute approximate surface area is 99.2 Å². The summed E-state index contributed by atoms with van der Waals surface area (Å²) in [6, 6.07) is 0. The van der Waals surface area contributed by atoms with Crippen LogP contribution in [0.1, 0.15) is 58.8 Å². The van der Waals surface area contributed by atoms with Crippen molar-refractivity contribution in [2.75, 3.05) is 6.54 Å². The Morgan fingerprint density at radius 1 is 1.25 bits per heavy atom. The van der Waals surface area contributed by atoms with E-state index in [4.69, 9.17) is 5.73 Å². The molecule has 1 aliphatic carbocycles. The van der Waals surface area contributed by atoms with Crippen LogP contribution >= 0.6 is 0 Å². The van der Waals surface area contributed by atoms with E-state index in [1.165, 1.54) is 38.5 Å². The Bertz CT molecular complexity index is 218. The molecule has 0 aromatic carbocycles. The van der Waals surface area contributed by atoms with Crippen LogP contribution < -0.4 is 11.1 Å². The predicted octanol–water partition coefficient (Wildman–Crippen LogP) is 2.20. The van der Waals surface area contributed by atoms with E-state index in [1.54, 1.807) is 0 Å². The molecule has 1 saturated carbocycles. The largest absolute Gasteiger partial charge is 0.350 e. The maximum absolute atomic E-state index is 11.8. The molecule has 0 saturated heterocycles. The van der Waals surface area contributed by atoms with Gasteiger partial charge >= 0.3 is 0 Å². The minimum Gasteiger partial charge on any atom is -0.350 e. The molecule has 1 aliphatic rings. The third-order valence-electron chi connectivity index (χ3n) is 3.44. The Hall–Kier alpha value is -0.570. The molecule has 0 unspecified atom stereocenters. The van der Waals surface area contributed by atoms with E-state index in [0.717, 1.165) is 0 Å². The topological polar surface area (TPSA) is 55.1 Å². The van der Waals surface area contributed by atoms with Crippen LogP contribution in [0.3, 0.4) is 0 Å². The third-order valence-corrected chi connectivity index (χ3v) is 3.44. The summed E-state index contributed by atoms with van der Waals surface area (Å²) >= 11 is 0. The number of hydrogen-bond donors (Lipinski definition) is 2. The van der Waals surface area contributed by atoms with Gasteiger partial charge in [0.25, 0.3) is 0 Å². The first kappa shape index (κ1) is 13.5. The van der Waals surface area contributed by atoms with Gasteiger partial charge in [0, 0.05) is 18.5 Å². The van der Waals surface area contributed by atoms with Gasteiger partial charge in [0.05, 0.1) is 0 Å². The number of nitrogens with two attached hydrogens (primary N) is 1. The molecule has 1 rings (SSSR count). The van der Waals surface area contributed by atoms with Crippen molar-refractivity contribution in [2.24, 2.45) is 11.7 Å². The minimum atomic E-state index is -0.262. The molecule has 3 heteroatoms. The zero-order chi connectivity index (χ0) is 12.0. The lowest BCUT2D eigenvalue weighted by atomic mass is 9.95. The Kier molecular flexibility index (Phi) is 5.26. The number of carbonyl (C=O) groups is 1. The zero-order valence-electron chi connectivity index (χ0n) is 10.7. The summed E-state index contributed by atoms with van der Waals surface area (Å²) in [4.78, 5) is 11.8. The second-order valence-electron chi connectivity index (χ2n) is 5.70. The summed E-state index contributed by atoms with van der Waals surface area (Å²) in [5.74, 6) is 0.762. The molecule has 0 aromatic heterocycles. The Morgan fingerprint density at radius 3 is 2.31 bits per heavy atom. The van der Waals surface area contributed by atoms with Crippen molar-refractivity contribution >= 4 is 5.91 Å². The lowest BCUT2D eigenvalue weighted by Gasteiger charge is -2.25. The molecule has 1 amide bonds. The first-order chi connectivity index (χ1) is 7.53. The molecule has 0 aromatic rings. The van der Waals surface area contributed by atoms with Gasteiger partial charge in [-0.25, -0.2) is 0 Å². The fourth-order valence-electron chi connectivity index (χ4n) is 2.31.